The average molecular weight is 280 g/mol. The third-order valence-corrected chi connectivity index (χ3v) is 5.77. The van der Waals surface area contributed by atoms with Gasteiger partial charge in [-0.3, -0.25) is 4.90 Å². The topological polar surface area (TPSA) is 29.3 Å². The van der Waals surface area contributed by atoms with Crippen LogP contribution in [0, 0.1) is 16.7 Å². The van der Waals surface area contributed by atoms with Gasteiger partial charge < -0.3 is 5.73 Å². The molecule has 0 aromatic carbocycles. The molecule has 0 unspecified atom stereocenters. The Hall–Kier alpha value is -0.0800. The number of nitrogens with zero attached hydrogens (tertiary/aromatic N) is 1. The van der Waals surface area contributed by atoms with Gasteiger partial charge in [-0.15, -0.1) is 0 Å². The fourth-order valence-electron chi connectivity index (χ4n) is 5.61. The van der Waals surface area contributed by atoms with Crippen LogP contribution in [0.2, 0.25) is 0 Å². The molecule has 118 valence electrons. The summed E-state index contributed by atoms with van der Waals surface area (Å²) in [5.41, 5.74) is 7.35. The minimum absolute atomic E-state index is 0.216. The minimum atomic E-state index is 0.216. The molecule has 0 saturated heterocycles. The van der Waals surface area contributed by atoms with Gasteiger partial charge in [-0.1, -0.05) is 40.5 Å². The van der Waals surface area contributed by atoms with E-state index in [1.807, 2.05) is 0 Å². The van der Waals surface area contributed by atoms with Crippen LogP contribution in [0.25, 0.3) is 0 Å². The van der Waals surface area contributed by atoms with Crippen LogP contribution in [0.15, 0.2) is 0 Å². The molecule has 0 aliphatic heterocycles. The van der Waals surface area contributed by atoms with Crippen LogP contribution >= 0.6 is 0 Å². The lowest BCUT2D eigenvalue weighted by atomic mass is 9.58. The van der Waals surface area contributed by atoms with Gasteiger partial charge >= 0.3 is 0 Å². The molecule has 2 aliphatic rings. The molecule has 2 fully saturated rings. The molecule has 20 heavy (non-hydrogen) atoms. The Morgan fingerprint density at radius 3 is 1.90 bits per heavy atom. The largest absolute Gasteiger partial charge is 0.329 e. The molecule has 0 aromatic heterocycles. The van der Waals surface area contributed by atoms with E-state index in [2.05, 4.69) is 39.6 Å². The Balaban J connectivity index is 2.13. The summed E-state index contributed by atoms with van der Waals surface area (Å²) < 4.78 is 0. The van der Waals surface area contributed by atoms with Crippen LogP contribution in [-0.4, -0.2) is 30.6 Å². The van der Waals surface area contributed by atoms with Gasteiger partial charge in [0.05, 0.1) is 0 Å². The molecule has 0 heterocycles. The second-order valence-electron chi connectivity index (χ2n) is 9.32. The first-order valence-corrected chi connectivity index (χ1v) is 8.59. The molecule has 2 saturated carbocycles. The Kier molecular flexibility index (Phi) is 4.57. The fourth-order valence-corrected chi connectivity index (χ4v) is 5.61. The highest BCUT2D eigenvalue weighted by Gasteiger charge is 2.48. The van der Waals surface area contributed by atoms with E-state index >= 15 is 0 Å². The van der Waals surface area contributed by atoms with Crippen LogP contribution in [0.1, 0.15) is 72.6 Å². The van der Waals surface area contributed by atoms with Crippen molar-refractivity contribution < 1.29 is 0 Å². The maximum atomic E-state index is 6.31. The van der Waals surface area contributed by atoms with Crippen molar-refractivity contribution in [3.05, 3.63) is 0 Å². The third kappa shape index (κ3) is 3.57. The molecule has 0 radical (unpaired) electrons. The number of nitrogens with two attached hydrogens (primary N) is 1. The standard InChI is InChI=1S/C18H36N2/c1-16(2)11-17(3,4)13-18(12-16,14-19)20(5)10-15-8-6-7-9-15/h15H,6-14,19H2,1-5H3. The van der Waals surface area contributed by atoms with E-state index < -0.39 is 0 Å². The highest BCUT2D eigenvalue weighted by atomic mass is 15.2. The van der Waals surface area contributed by atoms with Crippen LogP contribution in [0.3, 0.4) is 0 Å². The summed E-state index contributed by atoms with van der Waals surface area (Å²) in [7, 11) is 2.34. The summed E-state index contributed by atoms with van der Waals surface area (Å²) >= 11 is 0. The Morgan fingerprint density at radius 2 is 1.45 bits per heavy atom. The minimum Gasteiger partial charge on any atom is -0.329 e. The van der Waals surface area contributed by atoms with E-state index in [4.69, 9.17) is 5.73 Å². The van der Waals surface area contributed by atoms with Gasteiger partial charge in [0.1, 0.15) is 0 Å². The molecular weight excluding hydrogens is 244 g/mol. The van der Waals surface area contributed by atoms with E-state index in [9.17, 15) is 0 Å². The fraction of sp³-hybridized carbons (Fsp3) is 1.00. The molecule has 2 nitrogen and oxygen atoms in total. The molecule has 2 rings (SSSR count). The zero-order chi connectivity index (χ0) is 15.0. The van der Waals surface area contributed by atoms with Crippen LogP contribution in [0.4, 0.5) is 0 Å². The van der Waals surface area contributed by atoms with Crippen LogP contribution in [0.5, 0.6) is 0 Å². The zero-order valence-electron chi connectivity index (χ0n) is 14.5. The highest BCUT2D eigenvalue weighted by Crippen LogP contribution is 2.51. The molecule has 0 amide bonds. The molecule has 0 bridgehead atoms. The van der Waals surface area contributed by atoms with Crippen molar-refractivity contribution in [3.63, 3.8) is 0 Å². The number of hydrogen-bond acceptors (Lipinski definition) is 2. The van der Waals surface area contributed by atoms with Crippen LogP contribution in [-0.2, 0) is 0 Å². The second kappa shape index (κ2) is 5.61. The van der Waals surface area contributed by atoms with Gasteiger partial charge in [-0.25, -0.2) is 0 Å². The van der Waals surface area contributed by atoms with Gasteiger partial charge in [0.25, 0.3) is 0 Å². The van der Waals surface area contributed by atoms with E-state index in [-0.39, 0.29) is 5.54 Å². The van der Waals surface area contributed by atoms with Gasteiger partial charge in [0.15, 0.2) is 0 Å². The lowest BCUT2D eigenvalue weighted by molar-refractivity contribution is -0.0372. The third-order valence-electron chi connectivity index (χ3n) is 5.77. The van der Waals surface area contributed by atoms with Crippen molar-refractivity contribution in [1.82, 2.24) is 4.90 Å². The predicted molar refractivity (Wildman–Crippen MR) is 87.8 cm³/mol. The van der Waals surface area contributed by atoms with E-state index in [0.717, 1.165) is 12.5 Å². The molecular formula is C18H36N2. The van der Waals surface area contributed by atoms with Gasteiger partial charge in [0.2, 0.25) is 0 Å². The Morgan fingerprint density at radius 1 is 0.950 bits per heavy atom. The second-order valence-corrected chi connectivity index (χ2v) is 9.32. The highest BCUT2D eigenvalue weighted by molar-refractivity contribution is 5.04. The summed E-state index contributed by atoms with van der Waals surface area (Å²) in [5.74, 6) is 0.913. The average Bonchev–Trinajstić information content (AvgIpc) is 2.77. The summed E-state index contributed by atoms with van der Waals surface area (Å²) in [6.45, 7) is 11.8. The van der Waals surface area contributed by atoms with E-state index in [0.29, 0.717) is 10.8 Å². The van der Waals surface area contributed by atoms with Crippen molar-refractivity contribution in [2.24, 2.45) is 22.5 Å². The van der Waals surface area contributed by atoms with E-state index in [1.165, 1.54) is 51.5 Å². The maximum Gasteiger partial charge on any atom is 0.0338 e. The van der Waals surface area contributed by atoms with Crippen molar-refractivity contribution in [3.8, 4) is 0 Å². The van der Waals surface area contributed by atoms with Crippen LogP contribution < -0.4 is 5.73 Å². The normalized spacial score (nSPS) is 28.9. The van der Waals surface area contributed by atoms with Crippen molar-refractivity contribution in [2.45, 2.75) is 78.2 Å². The summed E-state index contributed by atoms with van der Waals surface area (Å²) in [5, 5.41) is 0. The molecule has 2 N–H and O–H groups in total. The number of hydrogen-bond donors (Lipinski definition) is 1. The Bertz CT molecular complexity index is 310. The molecule has 0 atom stereocenters. The first-order chi connectivity index (χ1) is 9.18. The zero-order valence-corrected chi connectivity index (χ0v) is 14.5. The molecule has 2 aliphatic carbocycles. The first-order valence-electron chi connectivity index (χ1n) is 8.59. The quantitative estimate of drug-likeness (QED) is 0.842. The van der Waals surface area contributed by atoms with E-state index in [1.54, 1.807) is 0 Å². The number of rotatable bonds is 4. The first kappa shape index (κ1) is 16.3. The smallest absolute Gasteiger partial charge is 0.0338 e. The lowest BCUT2D eigenvalue weighted by Crippen LogP contribution is -2.60. The molecule has 0 aromatic rings. The number of likely N-dealkylation sites (N-methyl/N-ethyl adjacent to an activating group) is 1. The van der Waals surface area contributed by atoms with Crippen molar-refractivity contribution in [2.75, 3.05) is 20.1 Å². The van der Waals surface area contributed by atoms with Crippen molar-refractivity contribution >= 4 is 0 Å². The maximum absolute atomic E-state index is 6.31. The van der Waals surface area contributed by atoms with Gasteiger partial charge in [-0.2, -0.15) is 0 Å². The SMILES string of the molecule is CN(CC1CCCC1)C1(CN)CC(C)(C)CC(C)(C)C1. The summed E-state index contributed by atoms with van der Waals surface area (Å²) in [6, 6.07) is 0. The summed E-state index contributed by atoms with van der Waals surface area (Å²) in [4.78, 5) is 2.64. The van der Waals surface area contributed by atoms with Crippen molar-refractivity contribution in [1.29, 1.82) is 0 Å². The monoisotopic (exact) mass is 280 g/mol. The molecule has 2 heteroatoms. The lowest BCUT2D eigenvalue weighted by Gasteiger charge is -2.56. The van der Waals surface area contributed by atoms with Gasteiger partial charge in [0, 0.05) is 18.6 Å². The summed E-state index contributed by atoms with van der Waals surface area (Å²) in [6.07, 6.45) is 9.55. The molecule has 0 spiro atoms. The Labute approximate surface area is 126 Å². The predicted octanol–water partition coefficient (Wildman–Crippen LogP) is 4.04. The van der Waals surface area contributed by atoms with Gasteiger partial charge in [-0.05, 0) is 55.9 Å².